The molecule has 0 bridgehead atoms. The highest BCUT2D eigenvalue weighted by Crippen LogP contribution is 2.10. The molecular weight excluding hydrogens is 158 g/mol. The maximum atomic E-state index is 4.24. The fraction of sp³-hybridized carbons (Fsp3) is 0.750. The van der Waals surface area contributed by atoms with E-state index in [1.165, 1.54) is 18.5 Å². The van der Waals surface area contributed by atoms with Gasteiger partial charge in [-0.15, -0.1) is 0 Å². The van der Waals surface area contributed by atoms with E-state index >= 15 is 0 Å². The Balaban J connectivity index is 0. The first-order valence-corrected chi connectivity index (χ1v) is 5.50. The van der Waals surface area contributed by atoms with Crippen LogP contribution in [0.1, 0.15) is 54.4 Å². The standard InChI is InChI=1S/C8H13N.2C2H6/c1-7-4-3-5-8(2)9-6-7;2*1-2/h5-7H,3-4H2,1-2H3;2*1-2H3. The minimum Gasteiger partial charge on any atom is -0.266 e. The van der Waals surface area contributed by atoms with Gasteiger partial charge in [0, 0.05) is 11.9 Å². The van der Waals surface area contributed by atoms with E-state index in [1.807, 2.05) is 33.9 Å². The van der Waals surface area contributed by atoms with E-state index in [9.17, 15) is 0 Å². The van der Waals surface area contributed by atoms with Gasteiger partial charge in [0.25, 0.3) is 0 Å². The normalized spacial score (nSPS) is 19.8. The van der Waals surface area contributed by atoms with E-state index < -0.39 is 0 Å². The van der Waals surface area contributed by atoms with Gasteiger partial charge in [-0.25, -0.2) is 0 Å². The summed E-state index contributed by atoms with van der Waals surface area (Å²) in [6.07, 6.45) is 6.67. The lowest BCUT2D eigenvalue weighted by molar-refractivity contribution is 0.711. The van der Waals surface area contributed by atoms with Crippen molar-refractivity contribution in [3.05, 3.63) is 11.8 Å². The molecule has 0 aromatic carbocycles. The Morgan fingerprint density at radius 3 is 2.31 bits per heavy atom. The predicted octanol–water partition coefficient (Wildman–Crippen LogP) is 4.44. The lowest BCUT2D eigenvalue weighted by Gasteiger charge is -1.96. The molecule has 0 aromatic rings. The Labute approximate surface area is 84.0 Å². The fourth-order valence-electron chi connectivity index (χ4n) is 0.927. The van der Waals surface area contributed by atoms with Gasteiger partial charge < -0.3 is 0 Å². The summed E-state index contributed by atoms with van der Waals surface area (Å²) in [5.74, 6) is 0.665. The molecule has 0 N–H and O–H groups in total. The quantitative estimate of drug-likeness (QED) is 0.526. The maximum Gasteiger partial charge on any atom is 0.0329 e. The van der Waals surface area contributed by atoms with Gasteiger partial charge in [-0.05, 0) is 25.7 Å². The van der Waals surface area contributed by atoms with Crippen molar-refractivity contribution < 1.29 is 0 Å². The lowest BCUT2D eigenvalue weighted by atomic mass is 10.1. The second kappa shape index (κ2) is 11.4. The summed E-state index contributed by atoms with van der Waals surface area (Å²) in [6, 6.07) is 0. The van der Waals surface area contributed by atoms with Crippen molar-refractivity contribution in [3.8, 4) is 0 Å². The van der Waals surface area contributed by atoms with Crippen LogP contribution < -0.4 is 0 Å². The summed E-state index contributed by atoms with van der Waals surface area (Å²) in [4.78, 5) is 4.24. The number of nitrogens with zero attached hydrogens (tertiary/aromatic N) is 1. The zero-order valence-electron chi connectivity index (χ0n) is 10.1. The van der Waals surface area contributed by atoms with E-state index in [0.717, 1.165) is 0 Å². The van der Waals surface area contributed by atoms with Crippen LogP contribution in [0.3, 0.4) is 0 Å². The minimum absolute atomic E-state index is 0.665. The van der Waals surface area contributed by atoms with E-state index in [1.54, 1.807) is 0 Å². The Bertz CT molecular complexity index is 145. The number of hydrogen-bond donors (Lipinski definition) is 0. The third kappa shape index (κ3) is 9.32. The van der Waals surface area contributed by atoms with E-state index in [4.69, 9.17) is 0 Å². The molecule has 1 nitrogen and oxygen atoms in total. The van der Waals surface area contributed by atoms with Crippen LogP contribution in [0.2, 0.25) is 0 Å². The molecule has 1 heteroatoms. The molecule has 1 aliphatic heterocycles. The van der Waals surface area contributed by atoms with Crippen LogP contribution in [0.5, 0.6) is 0 Å². The molecule has 0 fully saturated rings. The summed E-state index contributed by atoms with van der Waals surface area (Å²) < 4.78 is 0. The Hall–Kier alpha value is -0.590. The van der Waals surface area contributed by atoms with Gasteiger partial charge >= 0.3 is 0 Å². The Kier molecular flexibility index (Phi) is 13.1. The van der Waals surface area contributed by atoms with Crippen LogP contribution in [-0.4, -0.2) is 6.21 Å². The maximum absolute atomic E-state index is 4.24. The van der Waals surface area contributed by atoms with Gasteiger partial charge in [0.1, 0.15) is 0 Å². The Morgan fingerprint density at radius 1 is 1.23 bits per heavy atom. The molecule has 1 rings (SSSR count). The molecule has 78 valence electrons. The summed E-state index contributed by atoms with van der Waals surface area (Å²) in [5.41, 5.74) is 1.17. The summed E-state index contributed by atoms with van der Waals surface area (Å²) >= 11 is 0. The highest BCUT2D eigenvalue weighted by atomic mass is 14.7. The SMILES string of the molecule is CC.CC.CC1=CCCC(C)C=N1. The average Bonchev–Trinajstić information content (AvgIpc) is 2.38. The zero-order valence-corrected chi connectivity index (χ0v) is 10.1. The summed E-state index contributed by atoms with van der Waals surface area (Å²) in [6.45, 7) is 12.3. The van der Waals surface area contributed by atoms with Crippen molar-refractivity contribution in [1.29, 1.82) is 0 Å². The van der Waals surface area contributed by atoms with Crippen LogP contribution in [0.25, 0.3) is 0 Å². The van der Waals surface area contributed by atoms with Crippen molar-refractivity contribution in [3.63, 3.8) is 0 Å². The number of allylic oxidation sites excluding steroid dienone is 2. The molecule has 0 aromatic heterocycles. The first-order valence-electron chi connectivity index (χ1n) is 5.50. The number of rotatable bonds is 0. The topological polar surface area (TPSA) is 12.4 Å². The second-order valence-electron chi connectivity index (χ2n) is 2.68. The second-order valence-corrected chi connectivity index (χ2v) is 2.68. The van der Waals surface area contributed by atoms with Crippen molar-refractivity contribution in [2.24, 2.45) is 10.9 Å². The molecule has 0 amide bonds. The van der Waals surface area contributed by atoms with Crippen molar-refractivity contribution in [1.82, 2.24) is 0 Å². The Morgan fingerprint density at radius 2 is 1.77 bits per heavy atom. The van der Waals surface area contributed by atoms with Crippen LogP contribution in [0.4, 0.5) is 0 Å². The predicted molar refractivity (Wildman–Crippen MR) is 63.3 cm³/mol. The van der Waals surface area contributed by atoms with E-state index in [-0.39, 0.29) is 0 Å². The van der Waals surface area contributed by atoms with Crippen LogP contribution in [-0.2, 0) is 0 Å². The molecule has 1 unspecified atom stereocenters. The summed E-state index contributed by atoms with van der Waals surface area (Å²) in [5, 5.41) is 0. The highest BCUT2D eigenvalue weighted by Gasteiger charge is 1.99. The van der Waals surface area contributed by atoms with Gasteiger partial charge in [-0.3, -0.25) is 4.99 Å². The zero-order chi connectivity index (χ0) is 10.7. The third-order valence-corrected chi connectivity index (χ3v) is 1.59. The monoisotopic (exact) mass is 183 g/mol. The average molecular weight is 183 g/mol. The smallest absolute Gasteiger partial charge is 0.0329 e. The molecule has 0 saturated heterocycles. The molecule has 0 spiro atoms. The van der Waals surface area contributed by atoms with Crippen LogP contribution >= 0.6 is 0 Å². The van der Waals surface area contributed by atoms with Crippen molar-refractivity contribution in [2.45, 2.75) is 54.4 Å². The van der Waals surface area contributed by atoms with Crippen molar-refractivity contribution in [2.75, 3.05) is 0 Å². The summed E-state index contributed by atoms with van der Waals surface area (Å²) in [7, 11) is 0. The molecule has 0 radical (unpaired) electrons. The fourth-order valence-corrected chi connectivity index (χ4v) is 0.927. The van der Waals surface area contributed by atoms with Gasteiger partial charge in [0.15, 0.2) is 0 Å². The van der Waals surface area contributed by atoms with Gasteiger partial charge in [0.2, 0.25) is 0 Å². The van der Waals surface area contributed by atoms with Gasteiger partial charge in [-0.1, -0.05) is 40.7 Å². The molecule has 1 atom stereocenters. The highest BCUT2D eigenvalue weighted by molar-refractivity contribution is 5.62. The largest absolute Gasteiger partial charge is 0.266 e. The molecule has 13 heavy (non-hydrogen) atoms. The van der Waals surface area contributed by atoms with Gasteiger partial charge in [-0.2, -0.15) is 0 Å². The van der Waals surface area contributed by atoms with Crippen LogP contribution in [0, 0.1) is 5.92 Å². The van der Waals surface area contributed by atoms with Crippen LogP contribution in [0.15, 0.2) is 16.8 Å². The number of hydrogen-bond acceptors (Lipinski definition) is 1. The lowest BCUT2D eigenvalue weighted by Crippen LogP contribution is -1.91. The van der Waals surface area contributed by atoms with Crippen molar-refractivity contribution >= 4 is 6.21 Å². The molecule has 0 aliphatic carbocycles. The molecule has 1 heterocycles. The first-order chi connectivity index (χ1) is 6.29. The minimum atomic E-state index is 0.665. The molecule has 1 aliphatic rings. The number of aliphatic imine (C=N–C) groups is 1. The van der Waals surface area contributed by atoms with Gasteiger partial charge in [0.05, 0.1) is 0 Å². The third-order valence-electron chi connectivity index (χ3n) is 1.59. The van der Waals surface area contributed by atoms with E-state index in [0.29, 0.717) is 5.92 Å². The van der Waals surface area contributed by atoms with E-state index in [2.05, 4.69) is 24.9 Å². The first kappa shape index (κ1) is 14.9. The molecule has 0 saturated carbocycles. The molecular formula is C12H25N.